The lowest BCUT2D eigenvalue weighted by atomic mass is 10.1. The Labute approximate surface area is 156 Å². The molecule has 4 heterocycles. The van der Waals surface area contributed by atoms with E-state index < -0.39 is 0 Å². The van der Waals surface area contributed by atoms with Gasteiger partial charge in [-0.05, 0) is 24.3 Å². The minimum absolute atomic E-state index is 0.0194. The summed E-state index contributed by atoms with van der Waals surface area (Å²) in [5.41, 5.74) is 0. The molecular weight excluding hydrogens is 350 g/mol. The number of piperazine rings is 1. The number of carbonyl (C=O) groups is 2. The highest BCUT2D eigenvalue weighted by Gasteiger charge is 2.38. The van der Waals surface area contributed by atoms with Gasteiger partial charge in [-0.15, -0.1) is 11.3 Å². The quantitative estimate of drug-likeness (QED) is 0.818. The average molecular weight is 371 g/mol. The van der Waals surface area contributed by atoms with Gasteiger partial charge in [0.25, 0.3) is 5.91 Å². The van der Waals surface area contributed by atoms with Gasteiger partial charge in [-0.25, -0.2) is 4.98 Å². The molecule has 2 aromatic rings. The fourth-order valence-corrected chi connectivity index (χ4v) is 4.31. The van der Waals surface area contributed by atoms with Crippen LogP contribution in [0.2, 0.25) is 0 Å². The highest BCUT2D eigenvalue weighted by atomic mass is 32.1. The zero-order valence-electron chi connectivity index (χ0n) is 14.5. The summed E-state index contributed by atoms with van der Waals surface area (Å²) in [5, 5.41) is 1.89. The summed E-state index contributed by atoms with van der Waals surface area (Å²) in [6.45, 7) is 3.42. The molecule has 0 aromatic carbocycles. The van der Waals surface area contributed by atoms with Gasteiger partial charge in [0.1, 0.15) is 11.9 Å². The number of aromatic nitrogens is 2. The maximum absolute atomic E-state index is 13.0. The van der Waals surface area contributed by atoms with Crippen LogP contribution in [0.25, 0.3) is 0 Å². The number of carbonyl (C=O) groups excluding carboxylic acids is 2. The van der Waals surface area contributed by atoms with Crippen molar-refractivity contribution in [2.45, 2.75) is 18.9 Å². The van der Waals surface area contributed by atoms with E-state index in [2.05, 4.69) is 14.9 Å². The molecule has 0 spiro atoms. The van der Waals surface area contributed by atoms with Crippen molar-refractivity contribution in [1.29, 1.82) is 0 Å². The van der Waals surface area contributed by atoms with Gasteiger partial charge in [-0.3, -0.25) is 14.6 Å². The van der Waals surface area contributed by atoms with Crippen molar-refractivity contribution < 1.29 is 9.59 Å². The van der Waals surface area contributed by atoms with E-state index in [0.29, 0.717) is 24.5 Å². The summed E-state index contributed by atoms with van der Waals surface area (Å²) in [7, 11) is 0. The fraction of sp³-hybridized carbons (Fsp3) is 0.444. The predicted octanol–water partition coefficient (Wildman–Crippen LogP) is 1.49. The molecule has 2 amide bonds. The smallest absolute Gasteiger partial charge is 0.264 e. The molecule has 2 aromatic heterocycles. The number of nitrogens with zero attached hydrogens (tertiary/aromatic N) is 5. The summed E-state index contributed by atoms with van der Waals surface area (Å²) >= 11 is 1.43. The van der Waals surface area contributed by atoms with Gasteiger partial charge in [-0.1, -0.05) is 6.07 Å². The zero-order chi connectivity index (χ0) is 17.9. The zero-order valence-corrected chi connectivity index (χ0v) is 15.3. The SMILES string of the molecule is O=C([C@@H]1CCCN1C(=O)c1cccs1)N1CCN(c2cnccn2)CC1. The minimum atomic E-state index is -0.326. The Bertz CT molecular complexity index is 759. The van der Waals surface area contributed by atoms with Crippen molar-refractivity contribution in [2.75, 3.05) is 37.6 Å². The van der Waals surface area contributed by atoms with E-state index >= 15 is 0 Å². The highest BCUT2D eigenvalue weighted by molar-refractivity contribution is 7.12. The molecular formula is C18H21N5O2S. The molecule has 0 bridgehead atoms. The molecule has 2 fully saturated rings. The number of rotatable bonds is 3. The molecule has 2 saturated heterocycles. The number of hydrogen-bond donors (Lipinski definition) is 0. The van der Waals surface area contributed by atoms with E-state index in [9.17, 15) is 9.59 Å². The Balaban J connectivity index is 1.39. The van der Waals surface area contributed by atoms with E-state index in [1.165, 1.54) is 11.3 Å². The van der Waals surface area contributed by atoms with Crippen molar-refractivity contribution in [3.63, 3.8) is 0 Å². The van der Waals surface area contributed by atoms with Crippen LogP contribution in [0, 0.1) is 0 Å². The van der Waals surface area contributed by atoms with Gasteiger partial charge in [0.05, 0.1) is 11.1 Å². The highest BCUT2D eigenvalue weighted by Crippen LogP contribution is 2.24. The van der Waals surface area contributed by atoms with Crippen molar-refractivity contribution in [3.8, 4) is 0 Å². The third-order valence-corrected chi connectivity index (χ3v) is 5.85. The Morgan fingerprint density at radius 2 is 1.96 bits per heavy atom. The lowest BCUT2D eigenvalue weighted by Gasteiger charge is -2.37. The van der Waals surface area contributed by atoms with Crippen LogP contribution in [0.3, 0.4) is 0 Å². The average Bonchev–Trinajstić information content (AvgIpc) is 3.40. The van der Waals surface area contributed by atoms with Crippen LogP contribution in [0.5, 0.6) is 0 Å². The first kappa shape index (κ1) is 17.0. The lowest BCUT2D eigenvalue weighted by molar-refractivity contribution is -0.135. The van der Waals surface area contributed by atoms with Crippen LogP contribution in [0.1, 0.15) is 22.5 Å². The van der Waals surface area contributed by atoms with Gasteiger partial charge in [-0.2, -0.15) is 0 Å². The molecule has 0 aliphatic carbocycles. The van der Waals surface area contributed by atoms with Gasteiger partial charge >= 0.3 is 0 Å². The summed E-state index contributed by atoms with van der Waals surface area (Å²) < 4.78 is 0. The summed E-state index contributed by atoms with van der Waals surface area (Å²) in [6, 6.07) is 3.37. The summed E-state index contributed by atoms with van der Waals surface area (Å²) in [4.78, 5) is 40.6. The van der Waals surface area contributed by atoms with Gasteiger partial charge < -0.3 is 14.7 Å². The summed E-state index contributed by atoms with van der Waals surface area (Å²) in [6.07, 6.45) is 6.71. The normalized spacial score (nSPS) is 20.5. The van der Waals surface area contributed by atoms with Crippen LogP contribution in [-0.4, -0.2) is 70.3 Å². The number of hydrogen-bond acceptors (Lipinski definition) is 6. The van der Waals surface area contributed by atoms with Crippen LogP contribution >= 0.6 is 11.3 Å². The Kier molecular flexibility index (Phi) is 4.83. The maximum Gasteiger partial charge on any atom is 0.264 e. The van der Waals surface area contributed by atoms with Gasteiger partial charge in [0.15, 0.2) is 0 Å². The molecule has 1 atom stereocenters. The van der Waals surface area contributed by atoms with Crippen LogP contribution < -0.4 is 4.90 Å². The van der Waals surface area contributed by atoms with Crippen molar-refractivity contribution >= 4 is 29.0 Å². The van der Waals surface area contributed by atoms with E-state index in [4.69, 9.17) is 0 Å². The number of thiophene rings is 1. The number of amides is 2. The topological polar surface area (TPSA) is 69.6 Å². The first-order chi connectivity index (χ1) is 12.7. The molecule has 7 nitrogen and oxygen atoms in total. The lowest BCUT2D eigenvalue weighted by Crippen LogP contribution is -2.54. The van der Waals surface area contributed by atoms with Crippen molar-refractivity contribution in [3.05, 3.63) is 41.0 Å². The second-order valence-corrected chi connectivity index (χ2v) is 7.46. The molecule has 8 heteroatoms. The molecule has 26 heavy (non-hydrogen) atoms. The van der Waals surface area contributed by atoms with E-state index in [-0.39, 0.29) is 17.9 Å². The molecule has 0 radical (unpaired) electrons. The standard InChI is InChI=1S/C18H21N5O2S/c24-17(14-3-1-7-23(14)18(25)15-4-2-12-26-15)22-10-8-21(9-11-22)16-13-19-5-6-20-16/h2,4-6,12-14H,1,3,7-11H2/t14-/m0/s1. The van der Waals surface area contributed by atoms with Gasteiger partial charge in [0.2, 0.25) is 5.91 Å². The molecule has 0 N–H and O–H groups in total. The second-order valence-electron chi connectivity index (χ2n) is 6.51. The molecule has 136 valence electrons. The molecule has 0 unspecified atom stereocenters. The second kappa shape index (κ2) is 7.41. The first-order valence-corrected chi connectivity index (χ1v) is 9.76. The van der Waals surface area contributed by atoms with Gasteiger partial charge in [0, 0.05) is 45.1 Å². The minimum Gasteiger partial charge on any atom is -0.352 e. The molecule has 2 aliphatic heterocycles. The number of likely N-dealkylation sites (tertiary alicyclic amines) is 1. The van der Waals surface area contributed by atoms with Crippen LogP contribution in [0.15, 0.2) is 36.1 Å². The molecule has 0 saturated carbocycles. The summed E-state index contributed by atoms with van der Waals surface area (Å²) in [5.74, 6) is 0.898. The molecule has 4 rings (SSSR count). The fourth-order valence-electron chi connectivity index (χ4n) is 3.63. The molecule has 2 aliphatic rings. The number of anilines is 1. The Morgan fingerprint density at radius 3 is 2.65 bits per heavy atom. The predicted molar refractivity (Wildman–Crippen MR) is 99.2 cm³/mol. The third-order valence-electron chi connectivity index (χ3n) is 5.00. The third kappa shape index (κ3) is 3.29. The first-order valence-electron chi connectivity index (χ1n) is 8.88. The Hall–Kier alpha value is -2.48. The van der Waals surface area contributed by atoms with E-state index in [1.807, 2.05) is 22.4 Å². The van der Waals surface area contributed by atoms with Crippen LogP contribution in [0.4, 0.5) is 5.82 Å². The monoisotopic (exact) mass is 371 g/mol. The maximum atomic E-state index is 13.0. The van der Waals surface area contributed by atoms with E-state index in [0.717, 1.165) is 31.7 Å². The van der Waals surface area contributed by atoms with Crippen molar-refractivity contribution in [2.24, 2.45) is 0 Å². The van der Waals surface area contributed by atoms with Crippen molar-refractivity contribution in [1.82, 2.24) is 19.8 Å². The Morgan fingerprint density at radius 1 is 1.12 bits per heavy atom. The van der Waals surface area contributed by atoms with E-state index in [1.54, 1.807) is 23.5 Å². The largest absolute Gasteiger partial charge is 0.352 e. The van der Waals surface area contributed by atoms with Crippen LogP contribution in [-0.2, 0) is 4.79 Å².